The summed E-state index contributed by atoms with van der Waals surface area (Å²) in [5.74, 6) is -1.44. The lowest BCUT2D eigenvalue weighted by atomic mass is 9.65. The molecule has 1 aromatic carbocycles. The monoisotopic (exact) mass is 301 g/mol. The van der Waals surface area contributed by atoms with Crippen molar-refractivity contribution in [2.75, 3.05) is 0 Å². The van der Waals surface area contributed by atoms with E-state index in [4.69, 9.17) is 0 Å². The van der Waals surface area contributed by atoms with Crippen LogP contribution in [0, 0.1) is 0 Å². The molecule has 1 amide bonds. The molecule has 1 saturated carbocycles. The van der Waals surface area contributed by atoms with Crippen LogP contribution in [0.25, 0.3) is 0 Å². The van der Waals surface area contributed by atoms with Crippen LogP contribution >= 0.6 is 0 Å². The second-order valence-corrected chi connectivity index (χ2v) is 6.79. The number of carboxylic acids is 1. The van der Waals surface area contributed by atoms with Crippen molar-refractivity contribution >= 4 is 11.9 Å². The van der Waals surface area contributed by atoms with Crippen LogP contribution in [-0.2, 0) is 4.79 Å². The van der Waals surface area contributed by atoms with Gasteiger partial charge in [0.2, 0.25) is 0 Å². The van der Waals surface area contributed by atoms with Gasteiger partial charge in [-0.15, -0.1) is 0 Å². The molecule has 4 nitrogen and oxygen atoms in total. The fraction of sp³-hybridized carbons (Fsp3) is 0.556. The van der Waals surface area contributed by atoms with E-state index in [1.54, 1.807) is 6.07 Å². The van der Waals surface area contributed by atoms with E-state index in [0.717, 1.165) is 32.1 Å². The van der Waals surface area contributed by atoms with Crippen LogP contribution in [0.15, 0.2) is 24.3 Å². The Kier molecular flexibility index (Phi) is 3.71. The van der Waals surface area contributed by atoms with Gasteiger partial charge in [-0.3, -0.25) is 9.59 Å². The van der Waals surface area contributed by atoms with Crippen LogP contribution in [0.2, 0.25) is 0 Å². The molecule has 0 saturated heterocycles. The molecule has 1 aliphatic heterocycles. The number of nitrogens with zero attached hydrogens (tertiary/aromatic N) is 1. The van der Waals surface area contributed by atoms with Crippen LogP contribution in [0.1, 0.15) is 67.8 Å². The van der Waals surface area contributed by atoms with Crippen LogP contribution < -0.4 is 0 Å². The second-order valence-electron chi connectivity index (χ2n) is 6.79. The maximum absolute atomic E-state index is 13.0. The average Bonchev–Trinajstić information content (AvgIpc) is 2.47. The van der Waals surface area contributed by atoms with Gasteiger partial charge in [-0.2, -0.15) is 0 Å². The lowest BCUT2D eigenvalue weighted by Crippen LogP contribution is -2.63. The van der Waals surface area contributed by atoms with E-state index in [1.165, 1.54) is 0 Å². The highest BCUT2D eigenvalue weighted by atomic mass is 16.4. The number of fused-ring (bicyclic) bond motifs is 1. The molecule has 1 aliphatic carbocycles. The second kappa shape index (κ2) is 5.41. The fourth-order valence-electron chi connectivity index (χ4n) is 4.51. The third-order valence-corrected chi connectivity index (χ3v) is 5.22. The summed E-state index contributed by atoms with van der Waals surface area (Å²) in [7, 11) is 0. The van der Waals surface area contributed by atoms with Gasteiger partial charge in [0, 0.05) is 11.6 Å². The zero-order chi connectivity index (χ0) is 15.9. The van der Waals surface area contributed by atoms with Crippen molar-refractivity contribution in [2.45, 2.75) is 63.5 Å². The van der Waals surface area contributed by atoms with Gasteiger partial charge in [-0.25, -0.2) is 0 Å². The Hall–Kier alpha value is -1.84. The number of carboxylic acid groups (broad SMARTS) is 1. The molecule has 1 aromatic rings. The Morgan fingerprint density at radius 2 is 1.86 bits per heavy atom. The van der Waals surface area contributed by atoms with Crippen LogP contribution in [0.5, 0.6) is 0 Å². The number of hydrogen-bond acceptors (Lipinski definition) is 2. The summed E-state index contributed by atoms with van der Waals surface area (Å²) in [6, 6.07) is 7.23. The minimum atomic E-state index is -0.812. The topological polar surface area (TPSA) is 57.6 Å². The molecule has 2 aliphatic rings. The summed E-state index contributed by atoms with van der Waals surface area (Å²) in [5.41, 5.74) is 0.683. The van der Waals surface area contributed by atoms with Gasteiger partial charge < -0.3 is 10.0 Å². The standard InChI is InChI=1S/C18H23NO3/c1-12(2)19-16(20)14-9-5-4-8-13(14)15(17(21)22)18(19)10-6-3-7-11-18/h4-5,8-9,12,15H,3,6-7,10-11H2,1-2H3,(H,21,22). The van der Waals surface area contributed by atoms with Crippen molar-refractivity contribution in [3.63, 3.8) is 0 Å². The van der Waals surface area contributed by atoms with Crippen LogP contribution in [0.4, 0.5) is 0 Å². The van der Waals surface area contributed by atoms with Gasteiger partial charge in [-0.05, 0) is 38.3 Å². The first kappa shape index (κ1) is 15.1. The molecule has 4 heteroatoms. The van der Waals surface area contributed by atoms with Crippen molar-refractivity contribution in [2.24, 2.45) is 0 Å². The molecule has 1 atom stereocenters. The molecule has 22 heavy (non-hydrogen) atoms. The van der Waals surface area contributed by atoms with E-state index < -0.39 is 17.4 Å². The molecule has 1 spiro atoms. The van der Waals surface area contributed by atoms with Crippen LogP contribution in [-0.4, -0.2) is 33.5 Å². The first-order chi connectivity index (χ1) is 10.5. The van der Waals surface area contributed by atoms with Gasteiger partial charge in [-0.1, -0.05) is 37.5 Å². The molecule has 1 N–H and O–H groups in total. The molecular weight excluding hydrogens is 278 g/mol. The van der Waals surface area contributed by atoms with Gasteiger partial charge in [0.25, 0.3) is 5.91 Å². The zero-order valence-electron chi connectivity index (χ0n) is 13.2. The Bertz CT molecular complexity index is 602. The van der Waals surface area contributed by atoms with Gasteiger partial charge in [0.1, 0.15) is 5.92 Å². The largest absolute Gasteiger partial charge is 0.481 e. The number of amides is 1. The van der Waals surface area contributed by atoms with E-state index >= 15 is 0 Å². The number of carbonyl (C=O) groups excluding carboxylic acids is 1. The quantitative estimate of drug-likeness (QED) is 0.910. The van der Waals surface area contributed by atoms with E-state index in [2.05, 4.69) is 0 Å². The molecule has 0 radical (unpaired) electrons. The first-order valence-corrected chi connectivity index (χ1v) is 8.14. The Morgan fingerprint density at radius 3 is 2.45 bits per heavy atom. The Labute approximate surface area is 131 Å². The maximum Gasteiger partial charge on any atom is 0.313 e. The summed E-state index contributed by atoms with van der Waals surface area (Å²) in [5, 5.41) is 9.95. The highest BCUT2D eigenvalue weighted by molar-refractivity contribution is 6.01. The molecule has 0 bridgehead atoms. The third-order valence-electron chi connectivity index (χ3n) is 5.22. The molecule has 118 valence electrons. The minimum Gasteiger partial charge on any atom is -0.481 e. The normalized spacial score (nSPS) is 23.7. The smallest absolute Gasteiger partial charge is 0.313 e. The molecule has 1 fully saturated rings. The molecular formula is C18H23NO3. The van der Waals surface area contributed by atoms with Gasteiger partial charge in [0.05, 0.1) is 5.54 Å². The Balaban J connectivity index is 2.24. The van der Waals surface area contributed by atoms with Crippen molar-refractivity contribution in [1.29, 1.82) is 0 Å². The van der Waals surface area contributed by atoms with Crippen molar-refractivity contribution in [1.82, 2.24) is 4.90 Å². The molecule has 1 unspecified atom stereocenters. The van der Waals surface area contributed by atoms with Gasteiger partial charge >= 0.3 is 5.97 Å². The Morgan fingerprint density at radius 1 is 1.23 bits per heavy atom. The number of aliphatic carboxylic acids is 1. The number of benzene rings is 1. The summed E-state index contributed by atoms with van der Waals surface area (Å²) in [4.78, 5) is 27.0. The highest BCUT2D eigenvalue weighted by Gasteiger charge is 2.55. The summed E-state index contributed by atoms with van der Waals surface area (Å²) in [6.45, 7) is 3.97. The summed E-state index contributed by atoms with van der Waals surface area (Å²) >= 11 is 0. The molecule has 3 rings (SSSR count). The number of hydrogen-bond donors (Lipinski definition) is 1. The maximum atomic E-state index is 13.0. The molecule has 1 heterocycles. The van der Waals surface area contributed by atoms with Crippen LogP contribution in [0.3, 0.4) is 0 Å². The fourth-order valence-corrected chi connectivity index (χ4v) is 4.51. The SMILES string of the molecule is CC(C)N1C(=O)c2ccccc2C(C(=O)O)C12CCCCC2. The van der Waals surface area contributed by atoms with E-state index in [9.17, 15) is 14.7 Å². The zero-order valence-corrected chi connectivity index (χ0v) is 13.2. The lowest BCUT2D eigenvalue weighted by Gasteiger charge is -2.54. The van der Waals surface area contributed by atoms with E-state index in [1.807, 2.05) is 36.9 Å². The average molecular weight is 301 g/mol. The lowest BCUT2D eigenvalue weighted by molar-refractivity contribution is -0.144. The van der Waals surface area contributed by atoms with E-state index in [-0.39, 0.29) is 11.9 Å². The summed E-state index contributed by atoms with van der Waals surface area (Å²) < 4.78 is 0. The van der Waals surface area contributed by atoms with Crippen molar-refractivity contribution < 1.29 is 14.7 Å². The first-order valence-electron chi connectivity index (χ1n) is 8.14. The number of rotatable bonds is 2. The predicted molar refractivity (Wildman–Crippen MR) is 83.9 cm³/mol. The summed E-state index contributed by atoms with van der Waals surface area (Å²) in [6.07, 6.45) is 4.66. The third kappa shape index (κ3) is 2.04. The van der Waals surface area contributed by atoms with Gasteiger partial charge in [0.15, 0.2) is 0 Å². The predicted octanol–water partition coefficient (Wildman–Crippen LogP) is 3.42. The molecule has 0 aromatic heterocycles. The number of carbonyl (C=O) groups is 2. The minimum absolute atomic E-state index is 0.000746. The highest BCUT2D eigenvalue weighted by Crippen LogP contribution is 2.49. The van der Waals surface area contributed by atoms with Crippen molar-refractivity contribution in [3.8, 4) is 0 Å². The van der Waals surface area contributed by atoms with Crippen molar-refractivity contribution in [3.05, 3.63) is 35.4 Å². The van der Waals surface area contributed by atoms with E-state index in [0.29, 0.717) is 11.1 Å².